The van der Waals surface area contributed by atoms with E-state index in [9.17, 15) is 4.79 Å². The van der Waals surface area contributed by atoms with E-state index in [-0.39, 0.29) is 12.1 Å². The highest BCUT2D eigenvalue weighted by atomic mass is 16.7. The van der Waals surface area contributed by atoms with Crippen LogP contribution in [0.4, 0.5) is 4.79 Å². The van der Waals surface area contributed by atoms with Crippen LogP contribution in [0, 0.1) is 0 Å². The van der Waals surface area contributed by atoms with Gasteiger partial charge in [0.25, 0.3) is 0 Å². The summed E-state index contributed by atoms with van der Waals surface area (Å²) in [7, 11) is 3.35. The van der Waals surface area contributed by atoms with E-state index in [1.807, 2.05) is 0 Å². The van der Waals surface area contributed by atoms with E-state index in [2.05, 4.69) is 12.2 Å². The Balaban J connectivity index is 1.90. The molecule has 1 amide bonds. The number of rotatable bonds is 3. The summed E-state index contributed by atoms with van der Waals surface area (Å²) in [6.45, 7) is 3.79. The van der Waals surface area contributed by atoms with Gasteiger partial charge in [-0.3, -0.25) is 0 Å². The molecule has 2 aliphatic rings. The van der Waals surface area contributed by atoms with E-state index in [0.29, 0.717) is 25.9 Å². The molecule has 2 fully saturated rings. The lowest BCUT2D eigenvalue weighted by Gasteiger charge is -2.41. The summed E-state index contributed by atoms with van der Waals surface area (Å²) < 4.78 is 16.8. The normalized spacial score (nSPS) is 29.4. The maximum Gasteiger partial charge on any atom is 0.409 e. The minimum absolute atomic E-state index is 0.0840. The molecule has 19 heavy (non-hydrogen) atoms. The van der Waals surface area contributed by atoms with Crippen molar-refractivity contribution in [3.8, 4) is 0 Å². The molecule has 0 aromatic rings. The predicted octanol–water partition coefficient (Wildman–Crippen LogP) is 0.958. The lowest BCUT2D eigenvalue weighted by molar-refractivity contribution is -0.190. The van der Waals surface area contributed by atoms with Crippen LogP contribution in [0.1, 0.15) is 26.2 Å². The molecule has 2 atom stereocenters. The minimum Gasteiger partial charge on any atom is -0.448 e. The van der Waals surface area contributed by atoms with E-state index in [4.69, 9.17) is 14.2 Å². The molecule has 0 bridgehead atoms. The van der Waals surface area contributed by atoms with Crippen LogP contribution < -0.4 is 5.32 Å². The summed E-state index contributed by atoms with van der Waals surface area (Å²) in [5, 5.41) is 3.49. The number of nitrogens with zero attached hydrogens (tertiary/aromatic N) is 1. The van der Waals surface area contributed by atoms with Crippen molar-refractivity contribution in [2.45, 2.75) is 44.1 Å². The van der Waals surface area contributed by atoms with Crippen LogP contribution in [0.2, 0.25) is 0 Å². The molecule has 2 aliphatic heterocycles. The molecular formula is C13H24N2O4. The summed E-state index contributed by atoms with van der Waals surface area (Å²) >= 11 is 0. The zero-order chi connectivity index (χ0) is 13.9. The number of nitrogens with one attached hydrogen (secondary N) is 1. The highest BCUT2D eigenvalue weighted by Crippen LogP contribution is 2.34. The summed E-state index contributed by atoms with van der Waals surface area (Å²) in [6, 6.07) is 0.426. The van der Waals surface area contributed by atoms with Gasteiger partial charge in [0.2, 0.25) is 0 Å². The monoisotopic (exact) mass is 272 g/mol. The summed E-state index contributed by atoms with van der Waals surface area (Å²) in [4.78, 5) is 12.9. The van der Waals surface area contributed by atoms with Crippen molar-refractivity contribution in [2.75, 3.05) is 33.9 Å². The number of hydrogen-bond donors (Lipinski definition) is 1. The zero-order valence-corrected chi connectivity index (χ0v) is 12.0. The molecule has 2 saturated heterocycles. The van der Waals surface area contributed by atoms with Crippen LogP contribution in [0.3, 0.4) is 0 Å². The van der Waals surface area contributed by atoms with Gasteiger partial charge in [0.05, 0.1) is 13.2 Å². The van der Waals surface area contributed by atoms with Gasteiger partial charge < -0.3 is 24.4 Å². The standard InChI is InChI=1S/C13H24N2O4/c1-4-10-7-13(18-5-6-19-13)8-11(14-10)9-17-12(16)15(2)3/h10-11,14H,4-9H2,1-3H3. The summed E-state index contributed by atoms with van der Waals surface area (Å²) in [5.41, 5.74) is 0. The van der Waals surface area contributed by atoms with Crippen LogP contribution in [0.15, 0.2) is 0 Å². The van der Waals surface area contributed by atoms with Gasteiger partial charge in [-0.2, -0.15) is 0 Å². The van der Waals surface area contributed by atoms with Crippen LogP contribution >= 0.6 is 0 Å². The number of carbonyl (C=O) groups is 1. The minimum atomic E-state index is -0.471. The fourth-order valence-corrected chi connectivity index (χ4v) is 2.69. The van der Waals surface area contributed by atoms with Crippen molar-refractivity contribution in [3.63, 3.8) is 0 Å². The molecule has 0 radical (unpaired) electrons. The van der Waals surface area contributed by atoms with Crippen molar-refractivity contribution in [1.82, 2.24) is 10.2 Å². The fourth-order valence-electron chi connectivity index (χ4n) is 2.69. The fraction of sp³-hybridized carbons (Fsp3) is 0.923. The zero-order valence-electron chi connectivity index (χ0n) is 12.0. The molecule has 2 heterocycles. The van der Waals surface area contributed by atoms with Gasteiger partial charge in [-0.05, 0) is 6.42 Å². The van der Waals surface area contributed by atoms with Crippen molar-refractivity contribution >= 4 is 6.09 Å². The number of ether oxygens (including phenoxy) is 3. The maximum absolute atomic E-state index is 11.5. The third-order valence-corrected chi connectivity index (χ3v) is 3.67. The third-order valence-electron chi connectivity index (χ3n) is 3.67. The van der Waals surface area contributed by atoms with Gasteiger partial charge in [0, 0.05) is 39.0 Å². The van der Waals surface area contributed by atoms with Gasteiger partial charge in [-0.25, -0.2) is 4.79 Å². The average molecular weight is 272 g/mol. The quantitative estimate of drug-likeness (QED) is 0.829. The molecule has 1 spiro atoms. The number of amides is 1. The Morgan fingerprint density at radius 3 is 2.53 bits per heavy atom. The second-order valence-electron chi connectivity index (χ2n) is 5.46. The van der Waals surface area contributed by atoms with E-state index in [1.54, 1.807) is 14.1 Å². The topological polar surface area (TPSA) is 60.0 Å². The van der Waals surface area contributed by atoms with Gasteiger partial charge in [-0.15, -0.1) is 0 Å². The highest BCUT2D eigenvalue weighted by Gasteiger charge is 2.44. The molecule has 0 aliphatic carbocycles. The van der Waals surface area contributed by atoms with Gasteiger partial charge >= 0.3 is 6.09 Å². The molecule has 2 unspecified atom stereocenters. The molecule has 6 nitrogen and oxygen atoms in total. The second-order valence-corrected chi connectivity index (χ2v) is 5.46. The first-order chi connectivity index (χ1) is 9.04. The van der Waals surface area contributed by atoms with Crippen molar-refractivity contribution in [1.29, 1.82) is 0 Å². The molecule has 2 rings (SSSR count). The molecule has 0 saturated carbocycles. The van der Waals surface area contributed by atoms with Crippen molar-refractivity contribution < 1.29 is 19.0 Å². The van der Waals surface area contributed by atoms with E-state index < -0.39 is 5.79 Å². The first-order valence-electron chi connectivity index (χ1n) is 6.93. The molecule has 6 heteroatoms. The number of carbonyl (C=O) groups excluding carboxylic acids is 1. The molecule has 0 aromatic carbocycles. The summed E-state index contributed by atoms with van der Waals surface area (Å²) in [5.74, 6) is -0.471. The Kier molecular flexibility index (Phi) is 4.65. The lowest BCUT2D eigenvalue weighted by atomic mass is 9.91. The lowest BCUT2D eigenvalue weighted by Crippen LogP contribution is -2.55. The van der Waals surface area contributed by atoms with Gasteiger partial charge in [0.15, 0.2) is 5.79 Å². The van der Waals surface area contributed by atoms with E-state index >= 15 is 0 Å². The third kappa shape index (κ3) is 3.58. The number of piperidine rings is 1. The van der Waals surface area contributed by atoms with Crippen LogP contribution in [0.5, 0.6) is 0 Å². The number of hydrogen-bond acceptors (Lipinski definition) is 5. The Bertz CT molecular complexity index is 316. The van der Waals surface area contributed by atoms with Crippen LogP contribution in [0.25, 0.3) is 0 Å². The SMILES string of the molecule is CCC1CC2(CC(COC(=O)N(C)C)N1)OCCO2. The first-order valence-corrected chi connectivity index (χ1v) is 6.93. The Morgan fingerprint density at radius 1 is 1.32 bits per heavy atom. The maximum atomic E-state index is 11.5. The van der Waals surface area contributed by atoms with Crippen LogP contribution in [-0.2, 0) is 14.2 Å². The largest absolute Gasteiger partial charge is 0.448 e. The summed E-state index contributed by atoms with van der Waals surface area (Å²) in [6.07, 6.45) is 2.28. The first kappa shape index (κ1) is 14.6. The van der Waals surface area contributed by atoms with Crippen LogP contribution in [-0.4, -0.2) is 62.8 Å². The Labute approximate surface area is 114 Å². The molecule has 1 N–H and O–H groups in total. The Hall–Kier alpha value is -0.850. The van der Waals surface area contributed by atoms with Gasteiger partial charge in [-0.1, -0.05) is 6.92 Å². The van der Waals surface area contributed by atoms with Gasteiger partial charge in [0.1, 0.15) is 6.61 Å². The second kappa shape index (κ2) is 6.07. The predicted molar refractivity (Wildman–Crippen MR) is 69.9 cm³/mol. The molecule has 110 valence electrons. The van der Waals surface area contributed by atoms with Crippen molar-refractivity contribution in [3.05, 3.63) is 0 Å². The average Bonchev–Trinajstić information content (AvgIpc) is 2.82. The Morgan fingerprint density at radius 2 is 1.95 bits per heavy atom. The van der Waals surface area contributed by atoms with Crippen molar-refractivity contribution in [2.24, 2.45) is 0 Å². The highest BCUT2D eigenvalue weighted by molar-refractivity contribution is 5.66. The molecular weight excluding hydrogens is 248 g/mol. The molecule has 0 aromatic heterocycles. The van der Waals surface area contributed by atoms with E-state index in [0.717, 1.165) is 19.3 Å². The van der Waals surface area contributed by atoms with E-state index in [1.165, 1.54) is 4.90 Å². The smallest absolute Gasteiger partial charge is 0.409 e.